The molecule has 1 aliphatic rings. The van der Waals surface area contributed by atoms with Crippen molar-refractivity contribution in [2.75, 3.05) is 10.6 Å². The van der Waals surface area contributed by atoms with Gasteiger partial charge in [-0.3, -0.25) is 9.59 Å². The number of anilines is 2. The summed E-state index contributed by atoms with van der Waals surface area (Å²) in [6.07, 6.45) is 0.519. The second kappa shape index (κ2) is 6.96. The van der Waals surface area contributed by atoms with Crippen LogP contribution in [-0.2, 0) is 9.59 Å². The van der Waals surface area contributed by atoms with E-state index in [1.165, 1.54) is 0 Å². The van der Waals surface area contributed by atoms with E-state index in [1.54, 1.807) is 25.1 Å². The Labute approximate surface area is 145 Å². The van der Waals surface area contributed by atoms with Crippen LogP contribution in [0.4, 0.5) is 11.5 Å². The number of benzene rings is 1. The van der Waals surface area contributed by atoms with Crippen LogP contribution in [0.15, 0.2) is 34.9 Å². The van der Waals surface area contributed by atoms with Crippen LogP contribution in [0.2, 0.25) is 0 Å². The van der Waals surface area contributed by atoms with Gasteiger partial charge in [0.05, 0.1) is 23.6 Å². The third-order valence-electron chi connectivity index (χ3n) is 3.85. The zero-order valence-electron chi connectivity index (χ0n) is 14.4. The van der Waals surface area contributed by atoms with E-state index in [0.29, 0.717) is 29.4 Å². The summed E-state index contributed by atoms with van der Waals surface area (Å²) < 4.78 is 10.6. The quantitative estimate of drug-likeness (QED) is 0.841. The summed E-state index contributed by atoms with van der Waals surface area (Å²) >= 11 is 0. The van der Waals surface area contributed by atoms with Gasteiger partial charge in [0.15, 0.2) is 5.82 Å². The number of aryl methyl sites for hydroxylation is 1. The van der Waals surface area contributed by atoms with Gasteiger partial charge in [-0.05, 0) is 39.3 Å². The van der Waals surface area contributed by atoms with E-state index in [2.05, 4.69) is 15.8 Å². The van der Waals surface area contributed by atoms with Gasteiger partial charge < -0.3 is 19.9 Å². The number of carbonyl (C=O) groups excluding carboxylic acids is 2. The predicted molar refractivity (Wildman–Crippen MR) is 92.3 cm³/mol. The van der Waals surface area contributed by atoms with Crippen molar-refractivity contribution in [1.29, 1.82) is 0 Å². The topological polar surface area (TPSA) is 93.5 Å². The zero-order valence-corrected chi connectivity index (χ0v) is 14.4. The van der Waals surface area contributed by atoms with Gasteiger partial charge in [0, 0.05) is 6.07 Å². The van der Waals surface area contributed by atoms with Crippen molar-refractivity contribution < 1.29 is 18.8 Å². The molecule has 1 aromatic heterocycles. The number of hydrogen-bond acceptors (Lipinski definition) is 5. The van der Waals surface area contributed by atoms with Crippen LogP contribution in [-0.4, -0.2) is 23.1 Å². The molecule has 2 unspecified atom stereocenters. The Bertz CT molecular complexity index is 784. The number of rotatable bonds is 6. The maximum Gasteiger partial charge on any atom is 0.229 e. The number of carbonyl (C=O) groups is 2. The van der Waals surface area contributed by atoms with Crippen LogP contribution in [0.5, 0.6) is 5.75 Å². The summed E-state index contributed by atoms with van der Waals surface area (Å²) in [6, 6.07) is 8.90. The van der Waals surface area contributed by atoms with Crippen molar-refractivity contribution in [2.45, 2.75) is 33.3 Å². The van der Waals surface area contributed by atoms with Crippen molar-refractivity contribution in [3.05, 3.63) is 36.1 Å². The normalized spacial score (nSPS) is 18.7. The van der Waals surface area contributed by atoms with E-state index >= 15 is 0 Å². The van der Waals surface area contributed by atoms with Crippen molar-refractivity contribution in [2.24, 2.45) is 11.8 Å². The lowest BCUT2D eigenvalue weighted by atomic mass is 10.2. The molecule has 7 heteroatoms. The third kappa shape index (κ3) is 4.17. The molecule has 0 saturated heterocycles. The Kier molecular flexibility index (Phi) is 4.74. The Morgan fingerprint density at radius 3 is 2.52 bits per heavy atom. The van der Waals surface area contributed by atoms with Gasteiger partial charge in [-0.2, -0.15) is 0 Å². The van der Waals surface area contributed by atoms with Crippen LogP contribution < -0.4 is 15.4 Å². The van der Waals surface area contributed by atoms with Crippen LogP contribution in [0.3, 0.4) is 0 Å². The highest BCUT2D eigenvalue weighted by molar-refractivity contribution is 6.03. The molecule has 1 aromatic carbocycles. The van der Waals surface area contributed by atoms with Gasteiger partial charge in [0.1, 0.15) is 11.5 Å². The van der Waals surface area contributed by atoms with Crippen molar-refractivity contribution in [1.82, 2.24) is 5.16 Å². The minimum Gasteiger partial charge on any atom is -0.489 e. The summed E-state index contributed by atoms with van der Waals surface area (Å²) in [7, 11) is 0. The highest BCUT2D eigenvalue weighted by Crippen LogP contribution is 2.40. The highest BCUT2D eigenvalue weighted by atomic mass is 16.5. The first-order valence-corrected chi connectivity index (χ1v) is 8.24. The first kappa shape index (κ1) is 17.0. The number of ether oxygens (including phenoxy) is 1. The fourth-order valence-corrected chi connectivity index (χ4v) is 2.57. The molecule has 1 fully saturated rings. The smallest absolute Gasteiger partial charge is 0.229 e. The molecule has 0 radical (unpaired) electrons. The molecule has 2 atom stereocenters. The average Bonchev–Trinajstić information content (AvgIpc) is 3.26. The Balaban J connectivity index is 1.58. The summed E-state index contributed by atoms with van der Waals surface area (Å²) in [5, 5.41) is 9.23. The summed E-state index contributed by atoms with van der Waals surface area (Å²) in [4.78, 5) is 24.6. The Morgan fingerprint density at radius 2 is 1.88 bits per heavy atom. The molecule has 7 nitrogen and oxygen atoms in total. The van der Waals surface area contributed by atoms with E-state index in [0.717, 1.165) is 0 Å². The van der Waals surface area contributed by atoms with Gasteiger partial charge in [-0.1, -0.05) is 17.3 Å². The fourth-order valence-electron chi connectivity index (χ4n) is 2.57. The Morgan fingerprint density at radius 1 is 1.20 bits per heavy atom. The van der Waals surface area contributed by atoms with Gasteiger partial charge in [0.2, 0.25) is 11.8 Å². The molecule has 3 rings (SSSR count). The number of para-hydroxylation sites is 2. The monoisotopic (exact) mass is 343 g/mol. The minimum absolute atomic E-state index is 0.00317. The van der Waals surface area contributed by atoms with Crippen molar-refractivity contribution in [3.63, 3.8) is 0 Å². The molecule has 132 valence electrons. The van der Waals surface area contributed by atoms with Gasteiger partial charge in [-0.15, -0.1) is 0 Å². The Hall–Kier alpha value is -2.83. The minimum atomic E-state index is -0.352. The number of hydrogen-bond donors (Lipinski definition) is 2. The van der Waals surface area contributed by atoms with Crippen LogP contribution in [0.25, 0.3) is 0 Å². The largest absolute Gasteiger partial charge is 0.489 e. The molecule has 1 aliphatic carbocycles. The molecule has 2 aromatic rings. The first-order valence-electron chi connectivity index (χ1n) is 8.24. The molecule has 2 amide bonds. The first-order chi connectivity index (χ1) is 11.9. The maximum absolute atomic E-state index is 12.4. The molecule has 0 aliphatic heterocycles. The molecular formula is C18H21N3O4. The molecular weight excluding hydrogens is 322 g/mol. The summed E-state index contributed by atoms with van der Waals surface area (Å²) in [5.74, 6) is 0.490. The molecule has 2 N–H and O–H groups in total. The second-order valence-electron chi connectivity index (χ2n) is 6.41. The van der Waals surface area contributed by atoms with Gasteiger partial charge >= 0.3 is 0 Å². The number of amides is 2. The van der Waals surface area contributed by atoms with E-state index in [-0.39, 0.29) is 29.8 Å². The van der Waals surface area contributed by atoms with Crippen molar-refractivity contribution in [3.8, 4) is 5.75 Å². The van der Waals surface area contributed by atoms with E-state index < -0.39 is 0 Å². The number of aromatic nitrogens is 1. The van der Waals surface area contributed by atoms with Crippen LogP contribution in [0, 0.1) is 18.8 Å². The van der Waals surface area contributed by atoms with Crippen LogP contribution in [0.1, 0.15) is 26.0 Å². The summed E-state index contributed by atoms with van der Waals surface area (Å²) in [6.45, 7) is 5.59. The van der Waals surface area contributed by atoms with E-state index in [1.807, 2.05) is 26.0 Å². The third-order valence-corrected chi connectivity index (χ3v) is 3.85. The molecule has 1 saturated carbocycles. The van der Waals surface area contributed by atoms with Crippen molar-refractivity contribution >= 4 is 23.3 Å². The molecule has 25 heavy (non-hydrogen) atoms. The SMILES string of the molecule is Cc1cc(NC(=O)C2CC2C(=O)Nc2ccccc2OC(C)C)no1. The molecule has 0 spiro atoms. The maximum atomic E-state index is 12.4. The van der Waals surface area contributed by atoms with Gasteiger partial charge in [-0.25, -0.2) is 0 Å². The van der Waals surface area contributed by atoms with E-state index in [4.69, 9.17) is 9.26 Å². The molecule has 0 bridgehead atoms. The predicted octanol–water partition coefficient (Wildman–Crippen LogP) is 2.98. The highest BCUT2D eigenvalue weighted by Gasteiger charge is 2.48. The lowest BCUT2D eigenvalue weighted by Crippen LogP contribution is -2.21. The number of nitrogens with one attached hydrogen (secondary N) is 2. The fraction of sp³-hybridized carbons (Fsp3) is 0.389. The standard InChI is InChI=1S/C18H21N3O4/c1-10(2)24-15-7-5-4-6-14(15)19-17(22)12-9-13(12)18(23)20-16-8-11(3)25-21-16/h4-8,10,12-13H,9H2,1-3H3,(H,19,22)(H,20,21,23). The second-order valence-corrected chi connectivity index (χ2v) is 6.41. The lowest BCUT2D eigenvalue weighted by Gasteiger charge is -2.14. The van der Waals surface area contributed by atoms with Gasteiger partial charge in [0.25, 0.3) is 0 Å². The van der Waals surface area contributed by atoms with E-state index in [9.17, 15) is 9.59 Å². The number of nitrogens with zero attached hydrogens (tertiary/aromatic N) is 1. The lowest BCUT2D eigenvalue weighted by molar-refractivity contribution is -0.122. The van der Waals surface area contributed by atoms with Crippen LogP contribution >= 0.6 is 0 Å². The molecule has 1 heterocycles. The average molecular weight is 343 g/mol. The zero-order chi connectivity index (χ0) is 18.0. The summed E-state index contributed by atoms with van der Waals surface area (Å²) in [5.41, 5.74) is 0.611.